The third-order valence-electron chi connectivity index (χ3n) is 3.31. The predicted octanol–water partition coefficient (Wildman–Crippen LogP) is 1.48. The van der Waals surface area contributed by atoms with Crippen LogP contribution < -0.4 is 5.73 Å². The van der Waals surface area contributed by atoms with Crippen molar-refractivity contribution in [3.05, 3.63) is 22.8 Å². The molecule has 1 fully saturated rings. The SMILES string of the molecule is CCCN1CCN(C(=O)c2cc(N)ncc2Cl)CC1. The van der Waals surface area contributed by atoms with Crippen LogP contribution in [0.1, 0.15) is 23.7 Å². The summed E-state index contributed by atoms with van der Waals surface area (Å²) in [6.45, 7) is 6.55. The van der Waals surface area contributed by atoms with Crippen molar-refractivity contribution in [3.8, 4) is 0 Å². The van der Waals surface area contributed by atoms with Crippen LogP contribution >= 0.6 is 11.6 Å². The minimum atomic E-state index is -0.0600. The Morgan fingerprint density at radius 1 is 1.42 bits per heavy atom. The van der Waals surface area contributed by atoms with E-state index in [9.17, 15) is 4.79 Å². The van der Waals surface area contributed by atoms with Crippen molar-refractivity contribution in [1.29, 1.82) is 0 Å². The molecule has 0 bridgehead atoms. The van der Waals surface area contributed by atoms with Gasteiger partial charge >= 0.3 is 0 Å². The molecule has 5 nitrogen and oxygen atoms in total. The van der Waals surface area contributed by atoms with E-state index in [1.165, 1.54) is 6.20 Å². The zero-order valence-corrected chi connectivity index (χ0v) is 11.9. The summed E-state index contributed by atoms with van der Waals surface area (Å²) in [5.41, 5.74) is 6.05. The lowest BCUT2D eigenvalue weighted by atomic mass is 10.2. The predicted molar refractivity (Wildman–Crippen MR) is 76.3 cm³/mol. The van der Waals surface area contributed by atoms with E-state index < -0.39 is 0 Å². The lowest BCUT2D eigenvalue weighted by Crippen LogP contribution is -2.48. The molecule has 1 aliphatic heterocycles. The van der Waals surface area contributed by atoms with Crippen molar-refractivity contribution in [1.82, 2.24) is 14.8 Å². The molecule has 0 unspecified atom stereocenters. The van der Waals surface area contributed by atoms with Gasteiger partial charge in [-0.3, -0.25) is 9.69 Å². The number of carbonyl (C=O) groups is 1. The molecule has 1 amide bonds. The van der Waals surface area contributed by atoms with E-state index in [4.69, 9.17) is 17.3 Å². The number of hydrogen-bond donors (Lipinski definition) is 1. The number of nitrogens with two attached hydrogens (primary N) is 1. The van der Waals surface area contributed by atoms with Crippen LogP contribution in [0.15, 0.2) is 12.3 Å². The lowest BCUT2D eigenvalue weighted by Gasteiger charge is -2.34. The van der Waals surface area contributed by atoms with Crippen LogP contribution in [0, 0.1) is 0 Å². The van der Waals surface area contributed by atoms with Gasteiger partial charge in [0.1, 0.15) is 5.82 Å². The Morgan fingerprint density at radius 3 is 2.74 bits per heavy atom. The number of aromatic nitrogens is 1. The van der Waals surface area contributed by atoms with Gasteiger partial charge in [-0.15, -0.1) is 0 Å². The Balaban J connectivity index is 2.03. The first-order valence-corrected chi connectivity index (χ1v) is 6.92. The summed E-state index contributed by atoms with van der Waals surface area (Å²) in [6.07, 6.45) is 2.57. The fourth-order valence-corrected chi connectivity index (χ4v) is 2.46. The number of carbonyl (C=O) groups excluding carboxylic acids is 1. The average molecular weight is 283 g/mol. The summed E-state index contributed by atoms with van der Waals surface area (Å²) in [4.78, 5) is 20.4. The van der Waals surface area contributed by atoms with Crippen molar-refractivity contribution in [2.75, 3.05) is 38.5 Å². The van der Waals surface area contributed by atoms with Gasteiger partial charge in [0, 0.05) is 32.4 Å². The molecule has 1 aromatic heterocycles. The summed E-state index contributed by atoms with van der Waals surface area (Å²) in [5.74, 6) is 0.257. The quantitative estimate of drug-likeness (QED) is 0.912. The highest BCUT2D eigenvalue weighted by molar-refractivity contribution is 6.33. The van der Waals surface area contributed by atoms with Crippen LogP contribution in [0.2, 0.25) is 5.02 Å². The summed E-state index contributed by atoms with van der Waals surface area (Å²) in [5, 5.41) is 0.357. The van der Waals surface area contributed by atoms with Crippen LogP contribution in [0.4, 0.5) is 5.82 Å². The highest BCUT2D eigenvalue weighted by atomic mass is 35.5. The topological polar surface area (TPSA) is 62.5 Å². The van der Waals surface area contributed by atoms with Gasteiger partial charge in [-0.05, 0) is 19.0 Å². The maximum absolute atomic E-state index is 12.4. The number of anilines is 1. The van der Waals surface area contributed by atoms with Gasteiger partial charge in [0.05, 0.1) is 10.6 Å². The fraction of sp³-hybridized carbons (Fsp3) is 0.538. The lowest BCUT2D eigenvalue weighted by molar-refractivity contribution is 0.0637. The molecular weight excluding hydrogens is 264 g/mol. The molecule has 0 atom stereocenters. The zero-order valence-electron chi connectivity index (χ0n) is 11.1. The zero-order chi connectivity index (χ0) is 13.8. The smallest absolute Gasteiger partial charge is 0.255 e. The Labute approximate surface area is 118 Å². The monoisotopic (exact) mass is 282 g/mol. The van der Waals surface area contributed by atoms with Crippen molar-refractivity contribution in [2.45, 2.75) is 13.3 Å². The van der Waals surface area contributed by atoms with E-state index in [0.29, 0.717) is 16.4 Å². The minimum Gasteiger partial charge on any atom is -0.384 e. The van der Waals surface area contributed by atoms with E-state index in [2.05, 4.69) is 16.8 Å². The van der Waals surface area contributed by atoms with E-state index in [-0.39, 0.29) is 5.91 Å². The molecule has 2 heterocycles. The van der Waals surface area contributed by atoms with Crippen molar-refractivity contribution < 1.29 is 4.79 Å². The standard InChI is InChI=1S/C13H19ClN4O/c1-2-3-17-4-6-18(7-5-17)13(19)10-8-12(15)16-9-11(10)14/h8-9H,2-7H2,1H3,(H2,15,16). The van der Waals surface area contributed by atoms with Crippen LogP contribution in [0.3, 0.4) is 0 Å². The number of rotatable bonds is 3. The second-order valence-electron chi connectivity index (χ2n) is 4.72. The third kappa shape index (κ3) is 3.36. The number of halogens is 1. The van der Waals surface area contributed by atoms with Gasteiger partial charge in [0.25, 0.3) is 5.91 Å². The molecule has 1 aliphatic rings. The number of nitrogens with zero attached hydrogens (tertiary/aromatic N) is 3. The van der Waals surface area contributed by atoms with E-state index in [1.807, 2.05) is 4.90 Å². The molecule has 1 saturated heterocycles. The molecule has 2 rings (SSSR count). The molecule has 0 spiro atoms. The summed E-state index contributed by atoms with van der Waals surface area (Å²) < 4.78 is 0. The number of piperazine rings is 1. The molecule has 0 radical (unpaired) electrons. The third-order valence-corrected chi connectivity index (χ3v) is 3.61. The Bertz CT molecular complexity index is 458. The largest absolute Gasteiger partial charge is 0.384 e. The molecule has 19 heavy (non-hydrogen) atoms. The molecule has 0 aromatic carbocycles. The maximum atomic E-state index is 12.4. The molecule has 1 aromatic rings. The van der Waals surface area contributed by atoms with E-state index in [1.54, 1.807) is 6.07 Å². The second-order valence-corrected chi connectivity index (χ2v) is 5.13. The molecular formula is C13H19ClN4O. The normalized spacial score (nSPS) is 16.6. The number of amides is 1. The van der Waals surface area contributed by atoms with Gasteiger partial charge in [-0.25, -0.2) is 4.98 Å². The molecule has 6 heteroatoms. The van der Waals surface area contributed by atoms with Gasteiger partial charge in [0.15, 0.2) is 0 Å². The number of pyridine rings is 1. The van der Waals surface area contributed by atoms with E-state index >= 15 is 0 Å². The second kappa shape index (κ2) is 6.21. The highest BCUT2D eigenvalue weighted by Crippen LogP contribution is 2.19. The van der Waals surface area contributed by atoms with Crippen LogP contribution in [0.25, 0.3) is 0 Å². The van der Waals surface area contributed by atoms with Gasteiger partial charge in [-0.1, -0.05) is 18.5 Å². The fourth-order valence-electron chi connectivity index (χ4n) is 2.28. The Morgan fingerprint density at radius 2 is 2.11 bits per heavy atom. The maximum Gasteiger partial charge on any atom is 0.255 e. The minimum absolute atomic E-state index is 0.0600. The summed E-state index contributed by atoms with van der Waals surface area (Å²) >= 11 is 6.01. The Hall–Kier alpha value is -1.33. The van der Waals surface area contributed by atoms with Crippen LogP contribution in [-0.2, 0) is 0 Å². The van der Waals surface area contributed by atoms with Gasteiger partial charge < -0.3 is 10.6 Å². The van der Waals surface area contributed by atoms with Gasteiger partial charge in [-0.2, -0.15) is 0 Å². The van der Waals surface area contributed by atoms with Crippen molar-refractivity contribution >= 4 is 23.3 Å². The average Bonchev–Trinajstić information content (AvgIpc) is 2.42. The number of hydrogen-bond acceptors (Lipinski definition) is 4. The number of nitrogen functional groups attached to an aromatic ring is 1. The van der Waals surface area contributed by atoms with E-state index in [0.717, 1.165) is 39.1 Å². The summed E-state index contributed by atoms with van der Waals surface area (Å²) in [6, 6.07) is 1.54. The molecule has 104 valence electrons. The highest BCUT2D eigenvalue weighted by Gasteiger charge is 2.23. The first-order valence-electron chi connectivity index (χ1n) is 6.54. The first-order chi connectivity index (χ1) is 9.11. The van der Waals surface area contributed by atoms with Crippen LogP contribution in [0.5, 0.6) is 0 Å². The van der Waals surface area contributed by atoms with Gasteiger partial charge in [0.2, 0.25) is 0 Å². The molecule has 0 aliphatic carbocycles. The molecule has 0 saturated carbocycles. The molecule has 2 N–H and O–H groups in total. The van der Waals surface area contributed by atoms with Crippen molar-refractivity contribution in [2.24, 2.45) is 0 Å². The summed E-state index contributed by atoms with van der Waals surface area (Å²) in [7, 11) is 0. The Kier molecular flexibility index (Phi) is 4.61. The van der Waals surface area contributed by atoms with Crippen molar-refractivity contribution in [3.63, 3.8) is 0 Å². The first kappa shape index (κ1) is 14.1. The van der Waals surface area contributed by atoms with Crippen LogP contribution in [-0.4, -0.2) is 53.4 Å².